The van der Waals surface area contributed by atoms with Crippen molar-refractivity contribution in [3.8, 4) is 11.5 Å². The molecular weight excluding hydrogens is 463 g/mol. The molecule has 0 N–H and O–H groups in total. The second-order valence-corrected chi connectivity index (χ2v) is 6.20. The largest absolute Gasteiger partial charge is 0.493 e. The number of hydrogen-bond donors (Lipinski definition) is 0. The van der Waals surface area contributed by atoms with Crippen molar-refractivity contribution in [2.75, 3.05) is 25.2 Å². The third-order valence-electron chi connectivity index (χ3n) is 2.74. The van der Waals surface area contributed by atoms with Gasteiger partial charge >= 0.3 is 5.97 Å². The summed E-state index contributed by atoms with van der Waals surface area (Å²) in [6.07, 6.45) is 2.39. The van der Waals surface area contributed by atoms with Crippen molar-refractivity contribution in [2.24, 2.45) is 0 Å². The highest BCUT2D eigenvalue weighted by molar-refractivity contribution is 14.1. The van der Waals surface area contributed by atoms with Gasteiger partial charge in [0.1, 0.15) is 18.1 Å². The van der Waals surface area contributed by atoms with Crippen molar-refractivity contribution in [1.82, 2.24) is 0 Å². The highest BCUT2D eigenvalue weighted by Gasteiger charge is 2.08. The molecule has 0 bridgehead atoms. The summed E-state index contributed by atoms with van der Waals surface area (Å²) >= 11 is 5.52. The smallest absolute Gasteiger partial charge is 0.333 e. The van der Waals surface area contributed by atoms with Crippen LogP contribution in [0, 0.1) is 3.57 Å². The van der Waals surface area contributed by atoms with E-state index in [0.29, 0.717) is 31.8 Å². The van der Waals surface area contributed by atoms with Crippen LogP contribution in [-0.2, 0) is 9.53 Å². The molecular formula is C16H20BrIO4. The minimum absolute atomic E-state index is 0.276. The Bertz CT molecular complexity index is 517. The molecule has 0 saturated carbocycles. The van der Waals surface area contributed by atoms with Crippen molar-refractivity contribution >= 4 is 44.5 Å². The lowest BCUT2D eigenvalue weighted by molar-refractivity contribution is -0.138. The maximum absolute atomic E-state index is 11.7. The van der Waals surface area contributed by atoms with Crippen molar-refractivity contribution in [3.63, 3.8) is 0 Å². The Balaban J connectivity index is 2.61. The van der Waals surface area contributed by atoms with Gasteiger partial charge in [-0.25, -0.2) is 4.79 Å². The molecule has 0 aliphatic heterocycles. The lowest BCUT2D eigenvalue weighted by atomic mass is 10.2. The van der Waals surface area contributed by atoms with Crippen molar-refractivity contribution in [2.45, 2.75) is 20.3 Å². The molecule has 0 aromatic heterocycles. The maximum Gasteiger partial charge on any atom is 0.333 e. The third kappa shape index (κ3) is 6.56. The van der Waals surface area contributed by atoms with E-state index in [9.17, 15) is 4.79 Å². The van der Waals surface area contributed by atoms with Crippen LogP contribution < -0.4 is 9.47 Å². The molecule has 0 heterocycles. The first-order valence-electron chi connectivity index (χ1n) is 7.09. The van der Waals surface area contributed by atoms with Gasteiger partial charge in [0.15, 0.2) is 0 Å². The van der Waals surface area contributed by atoms with Gasteiger partial charge in [0, 0.05) is 10.9 Å². The second kappa shape index (κ2) is 10.9. The van der Waals surface area contributed by atoms with E-state index in [1.165, 1.54) is 0 Å². The zero-order chi connectivity index (χ0) is 16.4. The van der Waals surface area contributed by atoms with E-state index >= 15 is 0 Å². The molecule has 0 atom stereocenters. The van der Waals surface area contributed by atoms with Crippen molar-refractivity contribution < 1.29 is 19.0 Å². The molecule has 0 amide bonds. The molecule has 1 aromatic rings. The van der Waals surface area contributed by atoms with Gasteiger partial charge in [-0.2, -0.15) is 0 Å². The molecule has 0 unspecified atom stereocenters. The van der Waals surface area contributed by atoms with E-state index in [-0.39, 0.29) is 5.97 Å². The Hall–Kier alpha value is -0.760. The molecule has 0 fully saturated rings. The Morgan fingerprint density at radius 1 is 1.32 bits per heavy atom. The Morgan fingerprint density at radius 2 is 2.09 bits per heavy atom. The quantitative estimate of drug-likeness (QED) is 0.227. The number of alkyl halides is 1. The average Bonchev–Trinajstić information content (AvgIpc) is 2.51. The second-order valence-electron chi connectivity index (χ2n) is 4.24. The number of hydrogen-bond acceptors (Lipinski definition) is 4. The summed E-state index contributed by atoms with van der Waals surface area (Å²) in [7, 11) is 0. The monoisotopic (exact) mass is 482 g/mol. The molecule has 0 spiro atoms. The van der Waals surface area contributed by atoms with Crippen molar-refractivity contribution in [3.05, 3.63) is 33.4 Å². The fourth-order valence-electron chi connectivity index (χ4n) is 1.67. The first kappa shape index (κ1) is 19.3. The van der Waals surface area contributed by atoms with Crippen LogP contribution in [-0.4, -0.2) is 31.1 Å². The lowest BCUT2D eigenvalue weighted by Crippen LogP contribution is -2.08. The number of ether oxygens (including phenoxy) is 3. The molecule has 6 heteroatoms. The Morgan fingerprint density at radius 3 is 2.68 bits per heavy atom. The summed E-state index contributed by atoms with van der Waals surface area (Å²) in [6, 6.07) is 5.67. The van der Waals surface area contributed by atoms with Gasteiger partial charge in [-0.15, -0.1) is 0 Å². The van der Waals surface area contributed by atoms with Crippen LogP contribution >= 0.6 is 38.5 Å². The first-order valence-corrected chi connectivity index (χ1v) is 9.29. The number of esters is 1. The zero-order valence-corrected chi connectivity index (χ0v) is 16.5. The summed E-state index contributed by atoms with van der Waals surface area (Å²) in [5.74, 6) is 1.30. The molecule has 4 nitrogen and oxygen atoms in total. The predicted molar refractivity (Wildman–Crippen MR) is 99.0 cm³/mol. The van der Waals surface area contributed by atoms with E-state index < -0.39 is 0 Å². The van der Waals surface area contributed by atoms with Crippen LogP contribution in [0.5, 0.6) is 11.5 Å². The van der Waals surface area contributed by atoms with Gasteiger partial charge in [-0.1, -0.05) is 22.9 Å². The summed E-state index contributed by atoms with van der Waals surface area (Å²) < 4.78 is 17.2. The predicted octanol–water partition coefficient (Wildman–Crippen LogP) is 4.34. The number of carbonyl (C=O) groups is 1. The minimum atomic E-state index is -0.276. The Kier molecular flexibility index (Phi) is 9.54. The Labute approximate surface area is 153 Å². The van der Waals surface area contributed by atoms with Crippen LogP contribution in [0.1, 0.15) is 20.3 Å². The molecule has 0 radical (unpaired) electrons. The van der Waals surface area contributed by atoms with E-state index in [4.69, 9.17) is 14.2 Å². The summed E-state index contributed by atoms with van der Waals surface area (Å²) in [4.78, 5) is 11.7. The van der Waals surface area contributed by atoms with Gasteiger partial charge in [0.2, 0.25) is 0 Å². The number of carbonyl (C=O) groups excluding carboxylic acids is 1. The maximum atomic E-state index is 11.7. The molecule has 1 aromatic carbocycles. The number of benzene rings is 1. The van der Waals surface area contributed by atoms with Gasteiger partial charge < -0.3 is 14.2 Å². The number of rotatable bonds is 9. The van der Waals surface area contributed by atoms with E-state index in [1.54, 1.807) is 13.0 Å². The van der Waals surface area contributed by atoms with Crippen LogP contribution in [0.4, 0.5) is 0 Å². The molecule has 0 aliphatic rings. The molecule has 122 valence electrons. The fraction of sp³-hybridized carbons (Fsp3) is 0.438. The van der Waals surface area contributed by atoms with Crippen molar-refractivity contribution in [1.29, 1.82) is 0 Å². The topological polar surface area (TPSA) is 44.8 Å². The summed E-state index contributed by atoms with van der Waals surface area (Å²) in [5.41, 5.74) is 0.633. The fourth-order valence-corrected chi connectivity index (χ4v) is 2.48. The SMILES string of the molecule is CCOC(=O)/C(=C/COc1ccc(OCCBr)cc1I)CC. The average molecular weight is 483 g/mol. The van der Waals surface area contributed by atoms with Gasteiger partial charge in [0.05, 0.1) is 16.8 Å². The minimum Gasteiger partial charge on any atom is -0.493 e. The van der Waals surface area contributed by atoms with E-state index in [2.05, 4.69) is 38.5 Å². The van der Waals surface area contributed by atoms with Gasteiger partial charge in [-0.3, -0.25) is 0 Å². The van der Waals surface area contributed by atoms with Crippen LogP contribution in [0.25, 0.3) is 0 Å². The first-order chi connectivity index (χ1) is 10.6. The standard InChI is InChI=1S/C16H20BrIO4/c1-3-12(16(19)20-4-2)7-9-22-15-6-5-13(11-14(15)18)21-10-8-17/h5-7,11H,3-4,8-10H2,1-2H3/b12-7+. The van der Waals surface area contributed by atoms with Gasteiger partial charge in [-0.05, 0) is 60.2 Å². The van der Waals surface area contributed by atoms with Crippen LogP contribution in [0.3, 0.4) is 0 Å². The normalized spacial score (nSPS) is 11.2. The highest BCUT2D eigenvalue weighted by atomic mass is 127. The van der Waals surface area contributed by atoms with E-state index in [1.807, 2.05) is 25.1 Å². The number of halogens is 2. The third-order valence-corrected chi connectivity index (χ3v) is 3.90. The van der Waals surface area contributed by atoms with Crippen LogP contribution in [0.15, 0.2) is 29.8 Å². The molecule has 0 saturated heterocycles. The van der Waals surface area contributed by atoms with E-state index in [0.717, 1.165) is 20.4 Å². The summed E-state index contributed by atoms with van der Waals surface area (Å²) in [6.45, 7) is 5.05. The summed E-state index contributed by atoms with van der Waals surface area (Å²) in [5, 5.41) is 0.792. The molecule has 1 rings (SSSR count). The van der Waals surface area contributed by atoms with Crippen LogP contribution in [0.2, 0.25) is 0 Å². The molecule has 0 aliphatic carbocycles. The molecule has 22 heavy (non-hydrogen) atoms. The zero-order valence-electron chi connectivity index (χ0n) is 12.7. The lowest BCUT2D eigenvalue weighted by Gasteiger charge is -2.10. The van der Waals surface area contributed by atoms with Gasteiger partial charge in [0.25, 0.3) is 0 Å². The highest BCUT2D eigenvalue weighted by Crippen LogP contribution is 2.26.